The highest BCUT2D eigenvalue weighted by Crippen LogP contribution is 2.33. The molecule has 0 aliphatic carbocycles. The number of fused-ring (bicyclic) bond motifs is 1. The summed E-state index contributed by atoms with van der Waals surface area (Å²) < 4.78 is 13.3. The Bertz CT molecular complexity index is 419. The van der Waals surface area contributed by atoms with Gasteiger partial charge in [-0.05, 0) is 42.5 Å². The molecule has 0 saturated carbocycles. The Morgan fingerprint density at radius 2 is 2.22 bits per heavy atom. The predicted molar refractivity (Wildman–Crippen MR) is 74.4 cm³/mol. The zero-order valence-electron chi connectivity index (χ0n) is 11.4. The second-order valence-electron chi connectivity index (χ2n) is 5.71. The van der Waals surface area contributed by atoms with Crippen molar-refractivity contribution < 1.29 is 4.39 Å². The Kier molecular flexibility index (Phi) is 3.91. The second kappa shape index (κ2) is 5.27. The number of hydrogen-bond acceptors (Lipinski definition) is 2. The number of nitrogens with zero attached hydrogens (tertiary/aromatic N) is 1. The van der Waals surface area contributed by atoms with Crippen molar-refractivity contribution in [1.29, 1.82) is 0 Å². The van der Waals surface area contributed by atoms with Crippen LogP contribution >= 0.6 is 0 Å². The summed E-state index contributed by atoms with van der Waals surface area (Å²) in [4.78, 5) is 2.29. The second-order valence-corrected chi connectivity index (χ2v) is 5.71. The van der Waals surface area contributed by atoms with E-state index in [0.717, 1.165) is 38.0 Å². The van der Waals surface area contributed by atoms with Gasteiger partial charge in [-0.15, -0.1) is 0 Å². The van der Waals surface area contributed by atoms with Gasteiger partial charge in [0.2, 0.25) is 0 Å². The molecular formula is C15H23FN2. The first-order valence-electron chi connectivity index (χ1n) is 6.81. The molecule has 0 radical (unpaired) electrons. The van der Waals surface area contributed by atoms with E-state index in [2.05, 4.69) is 18.7 Å². The van der Waals surface area contributed by atoms with Crippen molar-refractivity contribution >= 4 is 5.69 Å². The summed E-state index contributed by atoms with van der Waals surface area (Å²) in [5, 5.41) is 0. The maximum absolute atomic E-state index is 13.3. The van der Waals surface area contributed by atoms with Gasteiger partial charge < -0.3 is 10.6 Å². The Morgan fingerprint density at radius 3 is 2.89 bits per heavy atom. The molecule has 0 spiro atoms. The zero-order valence-corrected chi connectivity index (χ0v) is 11.4. The first-order valence-corrected chi connectivity index (χ1v) is 6.81. The SMILES string of the molecule is CCCC(C)(CN)CN1CCc2ccc(F)cc21. The van der Waals surface area contributed by atoms with Crippen LogP contribution in [0.4, 0.5) is 10.1 Å². The van der Waals surface area contributed by atoms with Gasteiger partial charge in [-0.3, -0.25) is 0 Å². The van der Waals surface area contributed by atoms with E-state index in [4.69, 9.17) is 5.73 Å². The molecule has 1 aliphatic rings. The van der Waals surface area contributed by atoms with E-state index in [-0.39, 0.29) is 11.2 Å². The molecule has 1 atom stereocenters. The highest BCUT2D eigenvalue weighted by molar-refractivity contribution is 5.58. The van der Waals surface area contributed by atoms with Crippen LogP contribution in [0, 0.1) is 11.2 Å². The summed E-state index contributed by atoms with van der Waals surface area (Å²) in [7, 11) is 0. The maximum atomic E-state index is 13.3. The Morgan fingerprint density at radius 1 is 1.44 bits per heavy atom. The van der Waals surface area contributed by atoms with Crippen molar-refractivity contribution in [2.45, 2.75) is 33.1 Å². The highest BCUT2D eigenvalue weighted by Gasteiger charge is 2.28. The van der Waals surface area contributed by atoms with E-state index in [1.165, 1.54) is 5.56 Å². The molecule has 1 aliphatic heterocycles. The number of halogens is 1. The van der Waals surface area contributed by atoms with Crippen LogP contribution in [0.5, 0.6) is 0 Å². The minimum Gasteiger partial charge on any atom is -0.370 e. The molecule has 0 fully saturated rings. The van der Waals surface area contributed by atoms with Crippen molar-refractivity contribution in [2.75, 3.05) is 24.5 Å². The average molecular weight is 250 g/mol. The molecule has 2 nitrogen and oxygen atoms in total. The minimum atomic E-state index is -0.148. The van der Waals surface area contributed by atoms with E-state index in [0.29, 0.717) is 6.54 Å². The highest BCUT2D eigenvalue weighted by atomic mass is 19.1. The third kappa shape index (κ3) is 2.66. The lowest BCUT2D eigenvalue weighted by atomic mass is 9.85. The first kappa shape index (κ1) is 13.3. The quantitative estimate of drug-likeness (QED) is 0.870. The van der Waals surface area contributed by atoms with Gasteiger partial charge in [0.05, 0.1) is 0 Å². The van der Waals surface area contributed by atoms with Crippen molar-refractivity contribution in [3.8, 4) is 0 Å². The number of hydrogen-bond donors (Lipinski definition) is 1. The van der Waals surface area contributed by atoms with Crippen molar-refractivity contribution in [1.82, 2.24) is 0 Å². The third-order valence-electron chi connectivity index (χ3n) is 3.96. The summed E-state index contributed by atoms with van der Waals surface area (Å²) in [6, 6.07) is 5.12. The standard InChI is InChI=1S/C15H23FN2/c1-3-7-15(2,10-17)11-18-8-6-12-4-5-13(16)9-14(12)18/h4-5,9H,3,6-8,10-11,17H2,1-2H3. The molecule has 1 aromatic carbocycles. The monoisotopic (exact) mass is 250 g/mol. The first-order chi connectivity index (χ1) is 8.58. The molecular weight excluding hydrogens is 227 g/mol. The van der Waals surface area contributed by atoms with Gasteiger partial charge in [0, 0.05) is 18.8 Å². The molecule has 2 N–H and O–H groups in total. The molecule has 0 saturated heterocycles. The van der Waals surface area contributed by atoms with Gasteiger partial charge >= 0.3 is 0 Å². The lowest BCUT2D eigenvalue weighted by molar-refractivity contribution is 0.309. The van der Waals surface area contributed by atoms with Crippen LogP contribution < -0.4 is 10.6 Å². The molecule has 0 aromatic heterocycles. The largest absolute Gasteiger partial charge is 0.370 e. The molecule has 1 heterocycles. The van der Waals surface area contributed by atoms with E-state index in [9.17, 15) is 4.39 Å². The molecule has 1 aromatic rings. The average Bonchev–Trinajstić information content (AvgIpc) is 2.72. The maximum Gasteiger partial charge on any atom is 0.125 e. The van der Waals surface area contributed by atoms with E-state index >= 15 is 0 Å². The molecule has 18 heavy (non-hydrogen) atoms. The molecule has 100 valence electrons. The Hall–Kier alpha value is -1.09. The molecule has 0 bridgehead atoms. The number of rotatable bonds is 5. The normalized spacial score (nSPS) is 17.7. The van der Waals surface area contributed by atoms with Crippen molar-refractivity contribution in [3.05, 3.63) is 29.6 Å². The molecule has 3 heteroatoms. The van der Waals surface area contributed by atoms with Gasteiger partial charge in [-0.1, -0.05) is 26.3 Å². The van der Waals surface area contributed by atoms with Gasteiger partial charge in [-0.25, -0.2) is 4.39 Å². The summed E-state index contributed by atoms with van der Waals surface area (Å²) in [6.45, 7) is 7.01. The fourth-order valence-electron chi connectivity index (χ4n) is 2.89. The number of nitrogens with two attached hydrogens (primary N) is 1. The molecule has 2 rings (SSSR count). The van der Waals surface area contributed by atoms with Crippen LogP contribution in [0.25, 0.3) is 0 Å². The van der Waals surface area contributed by atoms with Crippen LogP contribution in [-0.2, 0) is 6.42 Å². The van der Waals surface area contributed by atoms with Gasteiger partial charge in [-0.2, -0.15) is 0 Å². The van der Waals surface area contributed by atoms with E-state index < -0.39 is 0 Å². The van der Waals surface area contributed by atoms with Crippen molar-refractivity contribution in [3.63, 3.8) is 0 Å². The van der Waals surface area contributed by atoms with Crippen LogP contribution in [0.1, 0.15) is 32.3 Å². The molecule has 1 unspecified atom stereocenters. The summed E-state index contributed by atoms with van der Waals surface area (Å²) in [5.74, 6) is -0.148. The van der Waals surface area contributed by atoms with Gasteiger partial charge in [0.25, 0.3) is 0 Å². The van der Waals surface area contributed by atoms with Crippen LogP contribution in [0.15, 0.2) is 18.2 Å². The summed E-state index contributed by atoms with van der Waals surface area (Å²) in [5.41, 5.74) is 8.37. The fourth-order valence-corrected chi connectivity index (χ4v) is 2.89. The lowest BCUT2D eigenvalue weighted by Gasteiger charge is -2.34. The van der Waals surface area contributed by atoms with Crippen LogP contribution in [0.3, 0.4) is 0 Å². The molecule has 0 amide bonds. The van der Waals surface area contributed by atoms with Crippen molar-refractivity contribution in [2.24, 2.45) is 11.1 Å². The fraction of sp³-hybridized carbons (Fsp3) is 0.600. The zero-order chi connectivity index (χ0) is 13.2. The van der Waals surface area contributed by atoms with E-state index in [1.54, 1.807) is 12.1 Å². The Balaban J connectivity index is 2.16. The minimum absolute atomic E-state index is 0.128. The number of benzene rings is 1. The summed E-state index contributed by atoms with van der Waals surface area (Å²) in [6.07, 6.45) is 3.27. The van der Waals surface area contributed by atoms with Crippen LogP contribution in [0.2, 0.25) is 0 Å². The topological polar surface area (TPSA) is 29.3 Å². The van der Waals surface area contributed by atoms with Gasteiger partial charge in [0.15, 0.2) is 0 Å². The van der Waals surface area contributed by atoms with Gasteiger partial charge in [0.1, 0.15) is 5.82 Å². The number of anilines is 1. The third-order valence-corrected chi connectivity index (χ3v) is 3.96. The predicted octanol–water partition coefficient (Wildman–Crippen LogP) is 2.95. The smallest absolute Gasteiger partial charge is 0.125 e. The van der Waals surface area contributed by atoms with Crippen LogP contribution in [-0.4, -0.2) is 19.6 Å². The summed E-state index contributed by atoms with van der Waals surface area (Å²) >= 11 is 0. The Labute approximate surface area is 109 Å². The lowest BCUT2D eigenvalue weighted by Crippen LogP contribution is -2.40. The van der Waals surface area contributed by atoms with E-state index in [1.807, 2.05) is 6.07 Å².